The Morgan fingerprint density at radius 2 is 1.93 bits per heavy atom. The number of primary amides is 1. The Hall–Kier alpha value is -1.10. The van der Waals surface area contributed by atoms with Gasteiger partial charge in [0.1, 0.15) is 0 Å². The van der Waals surface area contributed by atoms with Crippen LogP contribution in [0, 0.1) is 0 Å². The summed E-state index contributed by atoms with van der Waals surface area (Å²) in [6, 6.07) is 0. The van der Waals surface area contributed by atoms with Gasteiger partial charge in [-0.3, -0.25) is 9.59 Å². The molecule has 0 unspecified atom stereocenters. The number of rotatable bonds is 8. The summed E-state index contributed by atoms with van der Waals surface area (Å²) in [5.74, 6) is -0.500. The molecule has 15 heavy (non-hydrogen) atoms. The van der Waals surface area contributed by atoms with Gasteiger partial charge in [0.2, 0.25) is 11.8 Å². The molecule has 0 aromatic rings. The Bertz CT molecular complexity index is 207. The predicted molar refractivity (Wildman–Crippen MR) is 59.0 cm³/mol. The predicted octanol–water partition coefficient (Wildman–Crippen LogP) is -0.161. The van der Waals surface area contributed by atoms with E-state index in [1.165, 1.54) is 4.90 Å². The van der Waals surface area contributed by atoms with Crippen molar-refractivity contribution in [1.29, 1.82) is 0 Å². The second-order valence-electron chi connectivity index (χ2n) is 3.53. The zero-order valence-electron chi connectivity index (χ0n) is 9.37. The summed E-state index contributed by atoms with van der Waals surface area (Å²) in [7, 11) is 0. The maximum atomic E-state index is 11.6. The highest BCUT2D eigenvalue weighted by Gasteiger charge is 2.14. The zero-order valence-corrected chi connectivity index (χ0v) is 9.37. The molecule has 0 fully saturated rings. The van der Waals surface area contributed by atoms with E-state index in [1.807, 2.05) is 6.92 Å². The van der Waals surface area contributed by atoms with Crippen molar-refractivity contribution in [3.8, 4) is 0 Å². The maximum Gasteiger partial charge on any atom is 0.237 e. The van der Waals surface area contributed by atoms with Gasteiger partial charge in [-0.05, 0) is 19.4 Å². The zero-order chi connectivity index (χ0) is 11.7. The van der Waals surface area contributed by atoms with Gasteiger partial charge in [-0.1, -0.05) is 13.3 Å². The first-order valence-electron chi connectivity index (χ1n) is 5.38. The van der Waals surface area contributed by atoms with Gasteiger partial charge >= 0.3 is 0 Å². The number of hydrogen-bond acceptors (Lipinski definition) is 3. The fraction of sp³-hybridized carbons (Fsp3) is 0.800. The molecule has 0 aliphatic rings. The largest absolute Gasteiger partial charge is 0.368 e. The van der Waals surface area contributed by atoms with Crippen LogP contribution in [-0.4, -0.2) is 36.3 Å². The highest BCUT2D eigenvalue weighted by Crippen LogP contribution is 2.00. The first kappa shape index (κ1) is 13.9. The van der Waals surface area contributed by atoms with E-state index >= 15 is 0 Å². The van der Waals surface area contributed by atoms with Crippen molar-refractivity contribution in [2.45, 2.75) is 32.6 Å². The average molecular weight is 215 g/mol. The Balaban J connectivity index is 4.07. The van der Waals surface area contributed by atoms with E-state index in [1.54, 1.807) is 0 Å². The first-order valence-corrected chi connectivity index (χ1v) is 5.38. The molecular formula is C10H21N3O2. The SMILES string of the molecule is CCCCN(CC(N)=O)C(=O)CCCN. The lowest BCUT2D eigenvalue weighted by Gasteiger charge is -2.20. The van der Waals surface area contributed by atoms with E-state index in [0.717, 1.165) is 12.8 Å². The first-order chi connectivity index (χ1) is 7.11. The summed E-state index contributed by atoms with van der Waals surface area (Å²) >= 11 is 0. The third-order valence-corrected chi connectivity index (χ3v) is 2.08. The summed E-state index contributed by atoms with van der Waals surface area (Å²) in [4.78, 5) is 23.9. The lowest BCUT2D eigenvalue weighted by molar-refractivity contribution is -0.135. The van der Waals surface area contributed by atoms with Crippen LogP contribution in [0.4, 0.5) is 0 Å². The third-order valence-electron chi connectivity index (χ3n) is 2.08. The Morgan fingerprint density at radius 1 is 1.27 bits per heavy atom. The molecule has 0 heterocycles. The van der Waals surface area contributed by atoms with Gasteiger partial charge in [-0.15, -0.1) is 0 Å². The number of nitrogens with two attached hydrogens (primary N) is 2. The average Bonchev–Trinajstić information content (AvgIpc) is 2.20. The van der Waals surface area contributed by atoms with Crippen LogP contribution < -0.4 is 11.5 Å². The van der Waals surface area contributed by atoms with Gasteiger partial charge in [0.15, 0.2) is 0 Å². The van der Waals surface area contributed by atoms with Crippen LogP contribution in [0.1, 0.15) is 32.6 Å². The summed E-state index contributed by atoms with van der Waals surface area (Å²) in [6.07, 6.45) is 2.93. The van der Waals surface area contributed by atoms with Crippen LogP contribution in [0.15, 0.2) is 0 Å². The molecule has 5 nitrogen and oxygen atoms in total. The van der Waals surface area contributed by atoms with Crippen LogP contribution in [-0.2, 0) is 9.59 Å². The van der Waals surface area contributed by atoms with Crippen LogP contribution in [0.5, 0.6) is 0 Å². The number of hydrogen-bond donors (Lipinski definition) is 2. The van der Waals surface area contributed by atoms with Gasteiger partial charge in [0, 0.05) is 13.0 Å². The second-order valence-corrected chi connectivity index (χ2v) is 3.53. The van der Waals surface area contributed by atoms with Crippen molar-refractivity contribution in [1.82, 2.24) is 4.90 Å². The Labute approximate surface area is 90.8 Å². The normalized spacial score (nSPS) is 10.0. The van der Waals surface area contributed by atoms with Crippen molar-refractivity contribution in [3.63, 3.8) is 0 Å². The highest BCUT2D eigenvalue weighted by molar-refractivity contribution is 5.83. The molecule has 0 aromatic heterocycles. The molecule has 0 spiro atoms. The number of unbranched alkanes of at least 4 members (excludes halogenated alkanes) is 1. The number of amides is 2. The second kappa shape index (κ2) is 8.23. The van der Waals surface area contributed by atoms with E-state index in [9.17, 15) is 9.59 Å². The van der Waals surface area contributed by atoms with Crippen molar-refractivity contribution in [2.24, 2.45) is 11.5 Å². The Kier molecular flexibility index (Phi) is 7.62. The van der Waals surface area contributed by atoms with Crippen molar-refractivity contribution < 1.29 is 9.59 Å². The lowest BCUT2D eigenvalue weighted by atomic mass is 10.2. The topological polar surface area (TPSA) is 89.4 Å². The molecular weight excluding hydrogens is 194 g/mol. The van der Waals surface area contributed by atoms with Gasteiger partial charge < -0.3 is 16.4 Å². The minimum absolute atomic E-state index is 0.0173. The molecule has 0 aliphatic carbocycles. The van der Waals surface area contributed by atoms with Gasteiger partial charge in [-0.2, -0.15) is 0 Å². The van der Waals surface area contributed by atoms with Crippen molar-refractivity contribution >= 4 is 11.8 Å². The molecule has 88 valence electrons. The maximum absolute atomic E-state index is 11.6. The van der Waals surface area contributed by atoms with Crippen LogP contribution in [0.2, 0.25) is 0 Å². The minimum Gasteiger partial charge on any atom is -0.368 e. The van der Waals surface area contributed by atoms with Crippen LogP contribution in [0.3, 0.4) is 0 Å². The molecule has 0 saturated heterocycles. The summed E-state index contributed by atoms with van der Waals surface area (Å²) in [6.45, 7) is 3.14. The molecule has 5 heteroatoms. The molecule has 4 N–H and O–H groups in total. The fourth-order valence-corrected chi connectivity index (χ4v) is 1.24. The molecule has 2 amide bonds. The number of nitrogens with zero attached hydrogens (tertiary/aromatic N) is 1. The van der Waals surface area contributed by atoms with E-state index in [-0.39, 0.29) is 12.5 Å². The fourth-order valence-electron chi connectivity index (χ4n) is 1.24. The molecule has 0 aromatic carbocycles. The lowest BCUT2D eigenvalue weighted by Crippen LogP contribution is -2.39. The van der Waals surface area contributed by atoms with E-state index in [2.05, 4.69) is 0 Å². The van der Waals surface area contributed by atoms with Crippen LogP contribution >= 0.6 is 0 Å². The molecule has 0 saturated carbocycles. The van der Waals surface area contributed by atoms with Crippen molar-refractivity contribution in [3.05, 3.63) is 0 Å². The standard InChI is InChI=1S/C10H21N3O2/c1-2-3-7-13(8-9(12)14)10(15)5-4-6-11/h2-8,11H2,1H3,(H2,12,14). The monoisotopic (exact) mass is 215 g/mol. The van der Waals surface area contributed by atoms with Gasteiger partial charge in [0.05, 0.1) is 6.54 Å². The van der Waals surface area contributed by atoms with E-state index in [0.29, 0.717) is 25.9 Å². The van der Waals surface area contributed by atoms with Gasteiger partial charge in [0.25, 0.3) is 0 Å². The van der Waals surface area contributed by atoms with Crippen molar-refractivity contribution in [2.75, 3.05) is 19.6 Å². The third kappa shape index (κ3) is 6.90. The van der Waals surface area contributed by atoms with Crippen LogP contribution in [0.25, 0.3) is 0 Å². The molecule has 0 aliphatic heterocycles. The molecule has 0 bridgehead atoms. The molecule has 0 radical (unpaired) electrons. The Morgan fingerprint density at radius 3 is 2.40 bits per heavy atom. The summed E-state index contributed by atoms with van der Waals surface area (Å²) < 4.78 is 0. The quantitative estimate of drug-likeness (QED) is 0.589. The minimum atomic E-state index is -0.466. The van der Waals surface area contributed by atoms with E-state index in [4.69, 9.17) is 11.5 Å². The molecule has 0 atom stereocenters. The molecule has 0 rings (SSSR count). The van der Waals surface area contributed by atoms with Gasteiger partial charge in [-0.25, -0.2) is 0 Å². The summed E-state index contributed by atoms with van der Waals surface area (Å²) in [5.41, 5.74) is 10.4. The smallest absolute Gasteiger partial charge is 0.237 e. The highest BCUT2D eigenvalue weighted by atomic mass is 16.2. The number of carbonyl (C=O) groups excluding carboxylic acids is 2. The van der Waals surface area contributed by atoms with E-state index < -0.39 is 5.91 Å². The summed E-state index contributed by atoms with van der Waals surface area (Å²) in [5, 5.41) is 0. The number of carbonyl (C=O) groups is 2.